The molecular weight excluding hydrogens is 307 g/mol. The van der Waals surface area contributed by atoms with Gasteiger partial charge in [-0.25, -0.2) is 0 Å². The van der Waals surface area contributed by atoms with E-state index in [1.807, 2.05) is 0 Å². The van der Waals surface area contributed by atoms with Gasteiger partial charge in [0.25, 0.3) is 0 Å². The highest BCUT2D eigenvalue weighted by molar-refractivity contribution is 5.92. The number of pyridine rings is 1. The van der Waals surface area contributed by atoms with Crippen molar-refractivity contribution in [3.8, 4) is 0 Å². The van der Waals surface area contributed by atoms with Crippen LogP contribution in [0, 0.1) is 0 Å². The smallest absolute Gasteiger partial charge is 0.324 e. The maximum Gasteiger partial charge on any atom is 0.416 e. The molecular formula is C16H16F3N3O. The first-order valence-electron chi connectivity index (χ1n) is 6.96. The molecule has 4 nitrogen and oxygen atoms in total. The van der Waals surface area contributed by atoms with Crippen molar-refractivity contribution in [1.29, 1.82) is 0 Å². The van der Waals surface area contributed by atoms with Crippen LogP contribution in [0.2, 0.25) is 0 Å². The summed E-state index contributed by atoms with van der Waals surface area (Å²) in [6.07, 6.45) is -1.29. The van der Waals surface area contributed by atoms with Gasteiger partial charge >= 0.3 is 6.18 Å². The topological polar surface area (TPSA) is 54.0 Å². The van der Waals surface area contributed by atoms with Crippen LogP contribution in [0.15, 0.2) is 48.8 Å². The van der Waals surface area contributed by atoms with Gasteiger partial charge < -0.3 is 10.6 Å². The number of alkyl halides is 3. The average Bonchev–Trinajstić information content (AvgIpc) is 2.53. The summed E-state index contributed by atoms with van der Waals surface area (Å²) >= 11 is 0. The van der Waals surface area contributed by atoms with Gasteiger partial charge in [-0.1, -0.05) is 12.1 Å². The second-order valence-electron chi connectivity index (χ2n) is 5.02. The molecule has 1 aromatic heterocycles. The third-order valence-corrected chi connectivity index (χ3v) is 3.23. The number of hydrogen-bond donors (Lipinski definition) is 2. The first kappa shape index (κ1) is 17.0. The van der Waals surface area contributed by atoms with Crippen LogP contribution in [0.4, 0.5) is 18.9 Å². The Hall–Kier alpha value is -2.41. The normalized spacial score (nSPS) is 12.7. The van der Waals surface area contributed by atoms with Crippen molar-refractivity contribution < 1.29 is 18.0 Å². The summed E-state index contributed by atoms with van der Waals surface area (Å²) < 4.78 is 38.1. The molecule has 0 saturated carbocycles. The maximum atomic E-state index is 12.7. The van der Waals surface area contributed by atoms with Crippen LogP contribution in [0.5, 0.6) is 0 Å². The number of hydrogen-bond acceptors (Lipinski definition) is 3. The van der Waals surface area contributed by atoms with Crippen molar-refractivity contribution in [3.63, 3.8) is 0 Å². The third kappa shape index (κ3) is 5.07. The number of aromatic nitrogens is 1. The fourth-order valence-electron chi connectivity index (χ4n) is 1.99. The number of halogens is 3. The maximum absolute atomic E-state index is 12.7. The van der Waals surface area contributed by atoms with Gasteiger partial charge in [0.05, 0.1) is 24.0 Å². The van der Waals surface area contributed by atoms with E-state index in [9.17, 15) is 18.0 Å². The van der Waals surface area contributed by atoms with E-state index < -0.39 is 17.8 Å². The number of nitrogens with one attached hydrogen (secondary N) is 2. The quantitative estimate of drug-likeness (QED) is 0.887. The molecule has 1 aromatic carbocycles. The number of carbonyl (C=O) groups is 1. The molecule has 0 unspecified atom stereocenters. The van der Waals surface area contributed by atoms with E-state index in [0.29, 0.717) is 11.3 Å². The molecule has 0 bridgehead atoms. The number of rotatable bonds is 5. The molecule has 2 rings (SSSR count). The highest BCUT2D eigenvalue weighted by atomic mass is 19.4. The zero-order chi connectivity index (χ0) is 16.9. The molecule has 1 heterocycles. The van der Waals surface area contributed by atoms with Crippen molar-refractivity contribution in [3.05, 3.63) is 59.9 Å². The molecule has 0 saturated heterocycles. The minimum absolute atomic E-state index is 0.0215. The van der Waals surface area contributed by atoms with Crippen molar-refractivity contribution in [1.82, 2.24) is 10.3 Å². The number of carbonyl (C=O) groups excluding carboxylic acids is 1. The second-order valence-corrected chi connectivity index (χ2v) is 5.02. The number of amides is 1. The van der Waals surface area contributed by atoms with Gasteiger partial charge in [-0.3, -0.25) is 9.78 Å². The van der Waals surface area contributed by atoms with Crippen LogP contribution < -0.4 is 10.6 Å². The lowest BCUT2D eigenvalue weighted by atomic mass is 10.0. The van der Waals surface area contributed by atoms with E-state index in [4.69, 9.17) is 0 Å². The van der Waals surface area contributed by atoms with E-state index in [1.165, 1.54) is 12.3 Å². The van der Waals surface area contributed by atoms with Crippen molar-refractivity contribution in [2.24, 2.45) is 0 Å². The van der Waals surface area contributed by atoms with Crippen LogP contribution in [0.3, 0.4) is 0 Å². The van der Waals surface area contributed by atoms with Crippen molar-refractivity contribution in [2.75, 3.05) is 11.9 Å². The van der Waals surface area contributed by atoms with Gasteiger partial charge in [0.15, 0.2) is 0 Å². The summed E-state index contributed by atoms with van der Waals surface area (Å²) in [6.45, 7) is 1.68. The Kier molecular flexibility index (Phi) is 5.33. The fourth-order valence-corrected chi connectivity index (χ4v) is 1.99. The van der Waals surface area contributed by atoms with Crippen LogP contribution in [0.25, 0.3) is 0 Å². The Morgan fingerprint density at radius 2 is 2.04 bits per heavy atom. The summed E-state index contributed by atoms with van der Waals surface area (Å²) in [4.78, 5) is 15.7. The van der Waals surface area contributed by atoms with Gasteiger partial charge in [0.2, 0.25) is 5.91 Å². The monoisotopic (exact) mass is 323 g/mol. The molecule has 23 heavy (non-hydrogen) atoms. The number of benzene rings is 1. The first-order chi connectivity index (χ1) is 10.9. The summed E-state index contributed by atoms with van der Waals surface area (Å²) in [7, 11) is 0. The summed E-state index contributed by atoms with van der Waals surface area (Å²) in [6, 6.07) is 8.03. The molecule has 0 radical (unpaired) electrons. The molecule has 2 aromatic rings. The lowest BCUT2D eigenvalue weighted by Crippen LogP contribution is -2.30. The summed E-state index contributed by atoms with van der Waals surface area (Å²) in [5.74, 6) is -0.295. The number of anilines is 1. The first-order valence-corrected chi connectivity index (χ1v) is 6.96. The van der Waals surface area contributed by atoms with E-state index >= 15 is 0 Å². The van der Waals surface area contributed by atoms with Gasteiger partial charge in [0, 0.05) is 12.2 Å². The van der Waals surface area contributed by atoms with Crippen molar-refractivity contribution in [2.45, 2.75) is 19.1 Å². The molecule has 0 aliphatic rings. The highest BCUT2D eigenvalue weighted by Gasteiger charge is 2.30. The van der Waals surface area contributed by atoms with Gasteiger partial charge in [-0.2, -0.15) is 13.2 Å². The van der Waals surface area contributed by atoms with E-state index in [2.05, 4.69) is 15.6 Å². The van der Waals surface area contributed by atoms with E-state index in [-0.39, 0.29) is 12.5 Å². The fraction of sp³-hybridized carbons (Fsp3) is 0.250. The van der Waals surface area contributed by atoms with Gasteiger partial charge in [-0.05, 0) is 36.8 Å². The van der Waals surface area contributed by atoms with E-state index in [0.717, 1.165) is 12.1 Å². The Morgan fingerprint density at radius 1 is 1.26 bits per heavy atom. The Morgan fingerprint density at radius 3 is 2.70 bits per heavy atom. The van der Waals surface area contributed by atoms with E-state index in [1.54, 1.807) is 31.3 Å². The van der Waals surface area contributed by atoms with Gasteiger partial charge in [0.1, 0.15) is 0 Å². The van der Waals surface area contributed by atoms with Crippen LogP contribution in [0.1, 0.15) is 24.1 Å². The minimum atomic E-state index is -4.38. The molecule has 0 aliphatic heterocycles. The Labute approximate surface area is 131 Å². The summed E-state index contributed by atoms with van der Waals surface area (Å²) in [5.41, 5.74) is 0.323. The van der Waals surface area contributed by atoms with Crippen LogP contribution >= 0.6 is 0 Å². The molecule has 0 spiro atoms. The predicted octanol–water partition coefficient (Wildman–Crippen LogP) is 3.39. The molecule has 2 N–H and O–H groups in total. The second kappa shape index (κ2) is 7.23. The predicted molar refractivity (Wildman–Crippen MR) is 80.7 cm³/mol. The average molecular weight is 323 g/mol. The SMILES string of the molecule is C[C@H](NCC(=O)Nc1cccnc1)c1cccc(C(F)(F)F)c1. The van der Waals surface area contributed by atoms with Crippen molar-refractivity contribution >= 4 is 11.6 Å². The molecule has 1 atom stereocenters. The van der Waals surface area contributed by atoms with Gasteiger partial charge in [-0.15, -0.1) is 0 Å². The molecule has 1 amide bonds. The minimum Gasteiger partial charge on any atom is -0.324 e. The zero-order valence-corrected chi connectivity index (χ0v) is 12.4. The van der Waals surface area contributed by atoms with Crippen LogP contribution in [-0.4, -0.2) is 17.4 Å². The number of nitrogens with zero attached hydrogens (tertiary/aromatic N) is 1. The zero-order valence-electron chi connectivity index (χ0n) is 12.4. The standard InChI is InChI=1S/C16H16F3N3O/c1-11(12-4-2-5-13(8-12)16(17,18)19)21-10-15(23)22-14-6-3-7-20-9-14/h2-9,11,21H,10H2,1H3,(H,22,23)/t11-/m0/s1. The largest absolute Gasteiger partial charge is 0.416 e. The highest BCUT2D eigenvalue weighted by Crippen LogP contribution is 2.30. The lowest BCUT2D eigenvalue weighted by molar-refractivity contribution is -0.137. The molecule has 0 aliphatic carbocycles. The Bertz CT molecular complexity index is 659. The van der Waals surface area contributed by atoms with Crippen LogP contribution in [-0.2, 0) is 11.0 Å². The Balaban J connectivity index is 1.92. The molecule has 0 fully saturated rings. The third-order valence-electron chi connectivity index (χ3n) is 3.23. The molecule has 122 valence electrons. The summed E-state index contributed by atoms with van der Waals surface area (Å²) in [5, 5.41) is 5.54. The lowest BCUT2D eigenvalue weighted by Gasteiger charge is -2.16. The molecule has 7 heteroatoms.